The number of amides is 1. The van der Waals surface area contributed by atoms with Gasteiger partial charge >= 0.3 is 0 Å². The molecule has 150 valence electrons. The maximum absolute atomic E-state index is 12.8. The van der Waals surface area contributed by atoms with Gasteiger partial charge in [0.1, 0.15) is 5.69 Å². The van der Waals surface area contributed by atoms with E-state index in [1.807, 2.05) is 30.6 Å². The number of carbonyl (C=O) groups excluding carboxylic acids is 1. The molecule has 0 saturated carbocycles. The van der Waals surface area contributed by atoms with Gasteiger partial charge in [-0.3, -0.25) is 4.79 Å². The zero-order valence-corrected chi connectivity index (χ0v) is 17.4. The van der Waals surface area contributed by atoms with Gasteiger partial charge in [0.2, 0.25) is 0 Å². The summed E-state index contributed by atoms with van der Waals surface area (Å²) < 4.78 is 5.41. The van der Waals surface area contributed by atoms with Crippen LogP contribution in [0.4, 0.5) is 5.69 Å². The van der Waals surface area contributed by atoms with E-state index in [1.54, 1.807) is 4.90 Å². The molecule has 1 saturated heterocycles. The van der Waals surface area contributed by atoms with Crippen LogP contribution in [-0.2, 0) is 17.7 Å². The Morgan fingerprint density at radius 1 is 1.07 bits per heavy atom. The van der Waals surface area contributed by atoms with E-state index in [-0.39, 0.29) is 5.91 Å². The highest BCUT2D eigenvalue weighted by atomic mass is 32.1. The van der Waals surface area contributed by atoms with E-state index in [4.69, 9.17) is 4.74 Å². The number of morpholine rings is 1. The molecule has 0 aliphatic carbocycles. The molecule has 2 aromatic carbocycles. The highest BCUT2D eigenvalue weighted by Crippen LogP contribution is 2.19. The average Bonchev–Trinajstić information content (AvgIpc) is 3.23. The first-order valence-electron chi connectivity index (χ1n) is 9.84. The van der Waals surface area contributed by atoms with E-state index >= 15 is 0 Å². The van der Waals surface area contributed by atoms with E-state index in [9.17, 15) is 4.79 Å². The summed E-state index contributed by atoms with van der Waals surface area (Å²) in [5.74, 6) is -0.0437. The van der Waals surface area contributed by atoms with Crippen LogP contribution in [0.25, 0.3) is 0 Å². The molecule has 1 amide bonds. The highest BCUT2D eigenvalue weighted by molar-refractivity contribution is 7.09. The van der Waals surface area contributed by atoms with Crippen LogP contribution < -0.4 is 4.90 Å². The summed E-state index contributed by atoms with van der Waals surface area (Å²) in [5, 5.41) is 2.82. The standard InChI is InChI=1S/C23H25N3O2S/c1-25(16-19-7-9-20(10-8-19)26-11-13-28-14-12-26)23(27)21-17-29-22(24-21)15-18-5-3-2-4-6-18/h2-10,17H,11-16H2,1H3. The Labute approximate surface area is 175 Å². The van der Waals surface area contributed by atoms with Crippen molar-refractivity contribution in [2.24, 2.45) is 0 Å². The van der Waals surface area contributed by atoms with Crippen molar-refractivity contribution in [2.45, 2.75) is 13.0 Å². The van der Waals surface area contributed by atoms with Crippen molar-refractivity contribution in [1.82, 2.24) is 9.88 Å². The molecule has 1 aromatic heterocycles. The Balaban J connectivity index is 1.35. The molecule has 1 aliphatic heterocycles. The van der Waals surface area contributed by atoms with Crippen LogP contribution in [0.3, 0.4) is 0 Å². The summed E-state index contributed by atoms with van der Waals surface area (Å²) in [5.41, 5.74) is 4.04. The van der Waals surface area contributed by atoms with Gasteiger partial charge in [-0.1, -0.05) is 42.5 Å². The summed E-state index contributed by atoms with van der Waals surface area (Å²) >= 11 is 1.54. The fourth-order valence-corrected chi connectivity index (χ4v) is 4.24. The van der Waals surface area contributed by atoms with Crippen LogP contribution in [-0.4, -0.2) is 49.1 Å². The molecule has 0 N–H and O–H groups in total. The molecule has 3 aromatic rings. The number of ether oxygens (including phenoxy) is 1. The van der Waals surface area contributed by atoms with Crippen molar-refractivity contribution in [3.05, 3.63) is 81.8 Å². The molecule has 2 heterocycles. The number of nitrogens with zero attached hydrogens (tertiary/aromatic N) is 3. The monoisotopic (exact) mass is 407 g/mol. The first-order chi connectivity index (χ1) is 14.2. The van der Waals surface area contributed by atoms with E-state index in [0.29, 0.717) is 12.2 Å². The molecular weight excluding hydrogens is 382 g/mol. The van der Waals surface area contributed by atoms with Crippen LogP contribution in [0, 0.1) is 0 Å². The first kappa shape index (κ1) is 19.6. The minimum Gasteiger partial charge on any atom is -0.378 e. The number of benzene rings is 2. The lowest BCUT2D eigenvalue weighted by molar-refractivity contribution is 0.0780. The van der Waals surface area contributed by atoms with Gasteiger partial charge in [0, 0.05) is 44.2 Å². The van der Waals surface area contributed by atoms with Gasteiger partial charge < -0.3 is 14.5 Å². The molecule has 0 radical (unpaired) electrons. The number of rotatable bonds is 6. The number of hydrogen-bond acceptors (Lipinski definition) is 5. The van der Waals surface area contributed by atoms with Crippen molar-refractivity contribution >= 4 is 22.9 Å². The minimum absolute atomic E-state index is 0.0437. The van der Waals surface area contributed by atoms with E-state index < -0.39 is 0 Å². The smallest absolute Gasteiger partial charge is 0.273 e. The van der Waals surface area contributed by atoms with Gasteiger partial charge in [0.15, 0.2) is 0 Å². The summed E-state index contributed by atoms with van der Waals surface area (Å²) in [6.07, 6.45) is 0.755. The van der Waals surface area contributed by atoms with Gasteiger partial charge in [-0.25, -0.2) is 4.98 Å². The van der Waals surface area contributed by atoms with Gasteiger partial charge in [0.25, 0.3) is 5.91 Å². The second kappa shape index (κ2) is 9.20. The molecule has 5 nitrogen and oxygen atoms in total. The second-order valence-electron chi connectivity index (χ2n) is 7.22. The maximum atomic E-state index is 12.8. The zero-order chi connectivity index (χ0) is 20.1. The normalized spacial score (nSPS) is 14.0. The van der Waals surface area contributed by atoms with Crippen molar-refractivity contribution in [3.8, 4) is 0 Å². The SMILES string of the molecule is CN(Cc1ccc(N2CCOCC2)cc1)C(=O)c1csc(Cc2ccccc2)n1. The predicted octanol–water partition coefficient (Wildman–Crippen LogP) is 3.84. The third-order valence-electron chi connectivity index (χ3n) is 5.05. The van der Waals surface area contributed by atoms with Crippen LogP contribution in [0.1, 0.15) is 26.6 Å². The molecule has 29 heavy (non-hydrogen) atoms. The van der Waals surface area contributed by atoms with Crippen LogP contribution in [0.2, 0.25) is 0 Å². The van der Waals surface area contributed by atoms with Crippen molar-refractivity contribution in [1.29, 1.82) is 0 Å². The van der Waals surface area contributed by atoms with Gasteiger partial charge in [-0.2, -0.15) is 0 Å². The number of aromatic nitrogens is 1. The lowest BCUT2D eigenvalue weighted by atomic mass is 10.1. The largest absolute Gasteiger partial charge is 0.378 e. The van der Waals surface area contributed by atoms with E-state index in [0.717, 1.165) is 43.3 Å². The minimum atomic E-state index is -0.0437. The summed E-state index contributed by atoms with van der Waals surface area (Å²) in [7, 11) is 1.83. The molecule has 0 atom stereocenters. The van der Waals surface area contributed by atoms with Gasteiger partial charge in [-0.05, 0) is 23.3 Å². The molecule has 4 rings (SSSR count). The summed E-state index contributed by atoms with van der Waals surface area (Å²) in [6.45, 7) is 3.96. The maximum Gasteiger partial charge on any atom is 0.273 e. The van der Waals surface area contributed by atoms with Crippen LogP contribution in [0.5, 0.6) is 0 Å². The third kappa shape index (κ3) is 5.02. The fourth-order valence-electron chi connectivity index (χ4n) is 3.44. The number of anilines is 1. The molecule has 0 spiro atoms. The third-order valence-corrected chi connectivity index (χ3v) is 5.90. The van der Waals surface area contributed by atoms with E-state index in [2.05, 4.69) is 46.3 Å². The van der Waals surface area contributed by atoms with Crippen molar-refractivity contribution in [2.75, 3.05) is 38.3 Å². The number of thiazole rings is 1. The second-order valence-corrected chi connectivity index (χ2v) is 8.16. The number of carbonyl (C=O) groups is 1. The molecule has 1 aliphatic rings. The first-order valence-corrected chi connectivity index (χ1v) is 10.7. The Kier molecular flexibility index (Phi) is 6.22. The fraction of sp³-hybridized carbons (Fsp3) is 0.304. The lowest BCUT2D eigenvalue weighted by Gasteiger charge is -2.29. The predicted molar refractivity (Wildman–Crippen MR) is 117 cm³/mol. The van der Waals surface area contributed by atoms with Crippen molar-refractivity contribution < 1.29 is 9.53 Å². The molecule has 1 fully saturated rings. The van der Waals surface area contributed by atoms with Crippen LogP contribution >= 0.6 is 11.3 Å². The lowest BCUT2D eigenvalue weighted by Crippen LogP contribution is -2.36. The van der Waals surface area contributed by atoms with Gasteiger partial charge in [-0.15, -0.1) is 11.3 Å². The summed E-state index contributed by atoms with van der Waals surface area (Å²) in [4.78, 5) is 21.4. The number of hydrogen-bond donors (Lipinski definition) is 0. The zero-order valence-electron chi connectivity index (χ0n) is 16.6. The van der Waals surface area contributed by atoms with Gasteiger partial charge in [0.05, 0.1) is 18.2 Å². The quantitative estimate of drug-likeness (QED) is 0.623. The van der Waals surface area contributed by atoms with Crippen molar-refractivity contribution in [3.63, 3.8) is 0 Å². The average molecular weight is 408 g/mol. The molecule has 0 unspecified atom stereocenters. The van der Waals surface area contributed by atoms with Crippen LogP contribution in [0.15, 0.2) is 60.0 Å². The molecule has 0 bridgehead atoms. The Bertz CT molecular complexity index is 934. The topological polar surface area (TPSA) is 45.7 Å². The Hall–Kier alpha value is -2.70. The Morgan fingerprint density at radius 2 is 1.79 bits per heavy atom. The molecular formula is C23H25N3O2S. The summed E-state index contributed by atoms with van der Waals surface area (Å²) in [6, 6.07) is 18.6. The Morgan fingerprint density at radius 3 is 2.52 bits per heavy atom. The molecule has 6 heteroatoms. The highest BCUT2D eigenvalue weighted by Gasteiger charge is 2.16. The van der Waals surface area contributed by atoms with E-state index in [1.165, 1.54) is 22.6 Å².